The van der Waals surface area contributed by atoms with Gasteiger partial charge >= 0.3 is 14.5 Å². The quantitative estimate of drug-likeness (QED) is 0.0851. The summed E-state index contributed by atoms with van der Waals surface area (Å²) >= 11 is 5.24. The molecule has 200 valence electrons. The van der Waals surface area contributed by atoms with E-state index in [0.29, 0.717) is 13.2 Å². The summed E-state index contributed by atoms with van der Waals surface area (Å²) in [5.41, 5.74) is 0. The Morgan fingerprint density at radius 3 is 1.09 bits per heavy atom. The Hall–Kier alpha value is 0.680. The monoisotopic (exact) mass is 530 g/mol. The molecule has 0 unspecified atom stereocenters. The van der Waals surface area contributed by atoms with Crippen molar-refractivity contribution in [3.8, 4) is 0 Å². The van der Waals surface area contributed by atoms with Crippen LogP contribution in [0.1, 0.15) is 142 Å². The summed E-state index contributed by atoms with van der Waals surface area (Å²) in [4.78, 5) is 18.4. The van der Waals surface area contributed by atoms with Crippen LogP contribution in [0, 0.1) is 0 Å². The molecule has 0 saturated carbocycles. The van der Waals surface area contributed by atoms with Crippen LogP contribution in [0.15, 0.2) is 0 Å². The van der Waals surface area contributed by atoms with Crippen molar-refractivity contribution in [1.29, 1.82) is 0 Å². The molecule has 0 rings (SSSR count). The highest BCUT2D eigenvalue weighted by Gasteiger charge is 2.31. The number of hydrogen-bond donors (Lipinski definition) is 2. The maximum atomic E-state index is 11.3. The average Bonchev–Trinajstić information content (AvgIpc) is 2.74. The Morgan fingerprint density at radius 1 is 0.545 bits per heavy atom. The molecule has 9 heteroatoms. The fourth-order valence-corrected chi connectivity index (χ4v) is 7.17. The first-order chi connectivity index (χ1) is 15.8. The lowest BCUT2D eigenvalue weighted by Gasteiger charge is -2.21. The van der Waals surface area contributed by atoms with E-state index in [1.807, 2.05) is 0 Å². The summed E-state index contributed by atoms with van der Waals surface area (Å²) in [5.74, 6) is 0. The second-order valence-electron chi connectivity index (χ2n) is 9.05. The summed E-state index contributed by atoms with van der Waals surface area (Å²) in [5, 5.41) is 0. The third-order valence-electron chi connectivity index (χ3n) is 5.70. The first kappa shape index (κ1) is 33.7. The molecular weight excluding hydrogens is 478 g/mol. The van der Waals surface area contributed by atoms with Crippen molar-refractivity contribution >= 4 is 26.3 Å². The van der Waals surface area contributed by atoms with Gasteiger partial charge < -0.3 is 18.8 Å². The average molecular weight is 531 g/mol. The van der Waals surface area contributed by atoms with Crippen LogP contribution in [0.4, 0.5) is 0 Å². The van der Waals surface area contributed by atoms with Gasteiger partial charge in [0.05, 0.1) is 13.2 Å². The van der Waals surface area contributed by atoms with Gasteiger partial charge in [-0.05, 0) is 24.6 Å². The van der Waals surface area contributed by atoms with Crippen LogP contribution in [0.3, 0.4) is 0 Å². The zero-order chi connectivity index (χ0) is 24.7. The minimum Gasteiger partial charge on any atom is -0.308 e. The smallest absolute Gasteiger partial charge is 0.308 e. The molecule has 6 nitrogen and oxygen atoms in total. The van der Waals surface area contributed by atoms with Crippen molar-refractivity contribution in [2.45, 2.75) is 142 Å². The fourth-order valence-electron chi connectivity index (χ4n) is 3.75. The molecule has 0 saturated heterocycles. The van der Waals surface area contributed by atoms with Gasteiger partial charge in [-0.2, -0.15) is 0 Å². The van der Waals surface area contributed by atoms with Crippen LogP contribution in [0.2, 0.25) is 0 Å². The molecule has 33 heavy (non-hydrogen) atoms. The van der Waals surface area contributed by atoms with Crippen LogP contribution < -0.4 is 0 Å². The third-order valence-corrected chi connectivity index (χ3v) is 9.58. The molecule has 2 N–H and O–H groups in total. The van der Waals surface area contributed by atoms with Gasteiger partial charge in [-0.1, -0.05) is 129 Å². The second-order valence-corrected chi connectivity index (χ2v) is 13.4. The van der Waals surface area contributed by atoms with E-state index in [2.05, 4.69) is 13.8 Å². The van der Waals surface area contributed by atoms with Crippen LogP contribution in [-0.2, 0) is 29.7 Å². The third kappa shape index (κ3) is 25.6. The second kappa shape index (κ2) is 23.1. The highest BCUT2D eigenvalue weighted by molar-refractivity contribution is 8.08. The fraction of sp³-hybridized carbons (Fsp3) is 1.00. The van der Waals surface area contributed by atoms with Crippen LogP contribution in [0.25, 0.3) is 0 Å². The molecule has 0 aliphatic rings. The van der Waals surface area contributed by atoms with E-state index in [9.17, 15) is 14.4 Å². The topological polar surface area (TPSA) is 85.2 Å². The Labute approximate surface area is 209 Å². The van der Waals surface area contributed by atoms with Gasteiger partial charge in [0.2, 0.25) is 0 Å². The number of hydrogen-bond acceptors (Lipinski definition) is 5. The first-order valence-corrected chi connectivity index (χ1v) is 17.6. The molecular formula is C24H52O6P2S. The minimum atomic E-state index is -4.76. The van der Waals surface area contributed by atoms with Crippen LogP contribution in [-0.4, -0.2) is 23.0 Å². The Kier molecular flexibility index (Phi) is 23.6. The van der Waals surface area contributed by atoms with E-state index in [0.717, 1.165) is 38.5 Å². The first-order valence-electron chi connectivity index (χ1n) is 13.5. The van der Waals surface area contributed by atoms with E-state index in [1.165, 1.54) is 89.9 Å². The van der Waals surface area contributed by atoms with Gasteiger partial charge in [0.25, 0.3) is 0 Å². The molecule has 0 radical (unpaired) electrons. The zero-order valence-electron chi connectivity index (χ0n) is 21.4. The van der Waals surface area contributed by atoms with Gasteiger partial charge in [-0.3, -0.25) is 0 Å². The maximum Gasteiger partial charge on any atom is 0.476 e. The van der Waals surface area contributed by atoms with Gasteiger partial charge in [0, 0.05) is 0 Å². The highest BCUT2D eigenvalue weighted by Crippen LogP contribution is 2.61. The van der Waals surface area contributed by atoms with Gasteiger partial charge in [0.15, 0.2) is 0 Å². The molecule has 0 spiro atoms. The van der Waals surface area contributed by atoms with Crippen molar-refractivity contribution in [3.63, 3.8) is 0 Å². The molecule has 0 aliphatic heterocycles. The lowest BCUT2D eigenvalue weighted by Crippen LogP contribution is -2.02. The Balaban J connectivity index is 3.88. The molecule has 0 fully saturated rings. The van der Waals surface area contributed by atoms with Crippen molar-refractivity contribution in [2.75, 3.05) is 13.2 Å². The van der Waals surface area contributed by atoms with Gasteiger partial charge in [0.1, 0.15) is 0 Å². The summed E-state index contributed by atoms with van der Waals surface area (Å²) in [7, 11) is -4.76. The van der Waals surface area contributed by atoms with Gasteiger partial charge in [-0.15, -0.1) is 0 Å². The summed E-state index contributed by atoms with van der Waals surface area (Å²) in [6, 6.07) is 0. The predicted molar refractivity (Wildman–Crippen MR) is 143 cm³/mol. The molecule has 0 atom stereocenters. The maximum absolute atomic E-state index is 11.3. The summed E-state index contributed by atoms with van der Waals surface area (Å²) in [6.07, 6.45) is 24.0. The lowest BCUT2D eigenvalue weighted by atomic mass is 10.1. The molecule has 0 aliphatic carbocycles. The van der Waals surface area contributed by atoms with E-state index < -0.39 is 14.5 Å². The molecule has 0 heterocycles. The van der Waals surface area contributed by atoms with Crippen LogP contribution in [0.5, 0.6) is 0 Å². The normalized spacial score (nSPS) is 12.5. The zero-order valence-corrected chi connectivity index (χ0v) is 24.0. The molecule has 0 bridgehead atoms. The van der Waals surface area contributed by atoms with Crippen molar-refractivity contribution in [2.24, 2.45) is 0 Å². The molecule has 0 amide bonds. The summed E-state index contributed by atoms with van der Waals surface area (Å²) in [6.45, 7) is 1.66. The van der Waals surface area contributed by atoms with E-state index in [-0.39, 0.29) is 0 Å². The Bertz CT molecular complexity index is 485. The summed E-state index contributed by atoms with van der Waals surface area (Å²) < 4.78 is 27.2. The van der Waals surface area contributed by atoms with Crippen molar-refractivity contribution < 1.29 is 27.7 Å². The SMILES string of the molecule is CCCCCCCCCCCCOP(=S)(OCCCCCCCCCCCC)OP(=O)(O)O. The highest BCUT2D eigenvalue weighted by atomic mass is 32.5. The van der Waals surface area contributed by atoms with Gasteiger partial charge in [-0.25, -0.2) is 8.88 Å². The molecule has 0 aromatic carbocycles. The number of rotatable bonds is 26. The predicted octanol–water partition coefficient (Wildman–Crippen LogP) is 9.20. The molecule has 0 aromatic rings. The van der Waals surface area contributed by atoms with Crippen molar-refractivity contribution in [3.05, 3.63) is 0 Å². The van der Waals surface area contributed by atoms with Crippen molar-refractivity contribution in [1.82, 2.24) is 0 Å². The standard InChI is InChI=1S/C24H52O6P2S/c1-3-5-7-9-11-13-15-17-19-21-23-28-32(33,30-31(25,26)27)29-24-22-20-18-16-14-12-10-8-6-4-2/h3-24H2,1-2H3,(H2,25,26,27). The lowest BCUT2D eigenvalue weighted by molar-refractivity contribution is 0.176. The number of unbranched alkanes of at least 4 members (excludes halogenated alkanes) is 18. The van der Waals surface area contributed by atoms with Crippen LogP contribution >= 0.6 is 14.5 Å². The van der Waals surface area contributed by atoms with E-state index >= 15 is 0 Å². The van der Waals surface area contributed by atoms with E-state index in [1.54, 1.807) is 0 Å². The minimum absolute atomic E-state index is 0.311. The number of phosphoric acid groups is 1. The van der Waals surface area contributed by atoms with E-state index in [4.69, 9.17) is 25.2 Å². The Morgan fingerprint density at radius 2 is 0.818 bits per heavy atom. The largest absolute Gasteiger partial charge is 0.476 e. The molecule has 0 aromatic heterocycles.